The molecule has 1 atom stereocenters. The van der Waals surface area contributed by atoms with E-state index in [4.69, 9.17) is 16.3 Å². The Hall–Kier alpha value is -1.75. The fourth-order valence-corrected chi connectivity index (χ4v) is 1.73. The second kappa shape index (κ2) is 4.63. The number of hydrogen-bond donors (Lipinski definition) is 2. The molecule has 1 aromatic carbocycles. The number of nitrogens with one attached hydrogen (secondary N) is 1. The summed E-state index contributed by atoms with van der Waals surface area (Å²) < 4.78 is 4.71. The summed E-state index contributed by atoms with van der Waals surface area (Å²) in [7, 11) is 0. The minimum Gasteiger partial charge on any atom is -0.507 e. The number of cyclic esters (lactones) is 1. The highest BCUT2D eigenvalue weighted by Crippen LogP contribution is 2.21. The molecule has 90 valence electrons. The first-order valence-corrected chi connectivity index (χ1v) is 5.42. The van der Waals surface area contributed by atoms with E-state index in [1.165, 1.54) is 18.2 Å². The summed E-state index contributed by atoms with van der Waals surface area (Å²) in [5, 5.41) is 12.3. The van der Waals surface area contributed by atoms with Crippen molar-refractivity contribution < 1.29 is 19.4 Å². The van der Waals surface area contributed by atoms with Crippen LogP contribution in [0.15, 0.2) is 18.2 Å². The first-order valence-electron chi connectivity index (χ1n) is 5.04. The van der Waals surface area contributed by atoms with Gasteiger partial charge in [0.15, 0.2) is 0 Å². The molecule has 0 aliphatic carbocycles. The molecule has 1 aliphatic rings. The highest BCUT2D eigenvalue weighted by atomic mass is 35.5. The van der Waals surface area contributed by atoms with Crippen molar-refractivity contribution in [2.24, 2.45) is 0 Å². The lowest BCUT2D eigenvalue weighted by atomic mass is 10.1. The van der Waals surface area contributed by atoms with E-state index in [-0.39, 0.29) is 11.3 Å². The largest absolute Gasteiger partial charge is 0.507 e. The van der Waals surface area contributed by atoms with Gasteiger partial charge in [-0.25, -0.2) is 4.79 Å². The molecule has 1 aromatic rings. The van der Waals surface area contributed by atoms with E-state index >= 15 is 0 Å². The van der Waals surface area contributed by atoms with Crippen LogP contribution < -0.4 is 5.32 Å². The minimum atomic E-state index is -0.652. The molecule has 0 radical (unpaired) electrons. The van der Waals surface area contributed by atoms with E-state index in [1.54, 1.807) is 0 Å². The number of phenols is 1. The van der Waals surface area contributed by atoms with Crippen LogP contribution in [-0.4, -0.2) is 29.6 Å². The quantitative estimate of drug-likeness (QED) is 0.776. The molecule has 1 saturated heterocycles. The molecule has 0 aromatic heterocycles. The van der Waals surface area contributed by atoms with Gasteiger partial charge < -0.3 is 15.2 Å². The Kier molecular flexibility index (Phi) is 3.19. The lowest BCUT2D eigenvalue weighted by Crippen LogP contribution is -2.37. The van der Waals surface area contributed by atoms with Crippen molar-refractivity contribution in [1.29, 1.82) is 0 Å². The lowest BCUT2D eigenvalue weighted by molar-refractivity contribution is -0.139. The van der Waals surface area contributed by atoms with Crippen molar-refractivity contribution >= 4 is 23.5 Å². The van der Waals surface area contributed by atoms with Crippen LogP contribution in [0.2, 0.25) is 5.02 Å². The highest BCUT2D eigenvalue weighted by molar-refractivity contribution is 6.31. The van der Waals surface area contributed by atoms with Crippen LogP contribution in [0.5, 0.6) is 5.75 Å². The van der Waals surface area contributed by atoms with Crippen LogP contribution in [0.1, 0.15) is 16.8 Å². The zero-order valence-corrected chi connectivity index (χ0v) is 9.53. The number of carbonyl (C=O) groups excluding carboxylic acids is 2. The molecule has 0 bridgehead atoms. The van der Waals surface area contributed by atoms with Gasteiger partial charge in [-0.05, 0) is 18.2 Å². The fourth-order valence-electron chi connectivity index (χ4n) is 1.55. The number of rotatable bonds is 2. The van der Waals surface area contributed by atoms with Gasteiger partial charge in [0.2, 0.25) is 0 Å². The Balaban J connectivity index is 2.14. The van der Waals surface area contributed by atoms with E-state index in [1.807, 2.05) is 0 Å². The van der Waals surface area contributed by atoms with Crippen LogP contribution in [0.4, 0.5) is 0 Å². The zero-order chi connectivity index (χ0) is 12.4. The predicted molar refractivity (Wildman–Crippen MR) is 59.9 cm³/mol. The fraction of sp³-hybridized carbons (Fsp3) is 0.273. The minimum absolute atomic E-state index is 0.0391. The van der Waals surface area contributed by atoms with Gasteiger partial charge in [0, 0.05) is 11.4 Å². The van der Waals surface area contributed by atoms with Crippen LogP contribution in [0.25, 0.3) is 0 Å². The molecule has 0 spiro atoms. The highest BCUT2D eigenvalue weighted by Gasteiger charge is 2.28. The Morgan fingerprint density at radius 1 is 1.53 bits per heavy atom. The summed E-state index contributed by atoms with van der Waals surface area (Å²) in [5.74, 6) is -1.19. The number of aromatic hydroxyl groups is 1. The van der Waals surface area contributed by atoms with Gasteiger partial charge in [-0.15, -0.1) is 0 Å². The molecule has 1 aliphatic heterocycles. The van der Waals surface area contributed by atoms with Crippen molar-refractivity contribution in [3.8, 4) is 5.75 Å². The number of carbonyl (C=O) groups is 2. The smallest absolute Gasteiger partial charge is 0.328 e. The third-order valence-corrected chi connectivity index (χ3v) is 2.68. The number of ether oxygens (including phenoxy) is 1. The number of esters is 1. The maximum absolute atomic E-state index is 11.8. The van der Waals surface area contributed by atoms with Gasteiger partial charge in [0.1, 0.15) is 11.8 Å². The molecule has 6 heteroatoms. The van der Waals surface area contributed by atoms with Crippen molar-refractivity contribution in [1.82, 2.24) is 5.32 Å². The van der Waals surface area contributed by atoms with Crippen molar-refractivity contribution in [3.05, 3.63) is 28.8 Å². The standard InChI is InChI=1S/C11H10ClNO4/c12-6-1-2-9(14)7(5-6)10(15)13-8-3-4-17-11(8)16/h1-2,5,8,14H,3-4H2,(H,13,15). The normalized spacial score (nSPS) is 18.9. The third kappa shape index (κ3) is 2.50. The molecule has 0 saturated carbocycles. The molecule has 1 heterocycles. The van der Waals surface area contributed by atoms with Crippen molar-refractivity contribution in [2.45, 2.75) is 12.5 Å². The SMILES string of the molecule is O=C(NC1CCOC1=O)c1cc(Cl)ccc1O. The molecular formula is C11H10ClNO4. The van der Waals surface area contributed by atoms with Gasteiger partial charge in [0.05, 0.1) is 12.2 Å². The molecule has 17 heavy (non-hydrogen) atoms. The number of hydrogen-bond acceptors (Lipinski definition) is 4. The summed E-state index contributed by atoms with van der Waals surface area (Å²) in [5.41, 5.74) is 0.0391. The molecule has 2 N–H and O–H groups in total. The average Bonchev–Trinajstić information content (AvgIpc) is 2.68. The van der Waals surface area contributed by atoms with Crippen LogP contribution >= 0.6 is 11.6 Å². The van der Waals surface area contributed by atoms with Crippen molar-refractivity contribution in [3.63, 3.8) is 0 Å². The van der Waals surface area contributed by atoms with Crippen LogP contribution in [0, 0.1) is 0 Å². The second-order valence-electron chi connectivity index (χ2n) is 3.64. The number of amides is 1. The first-order chi connectivity index (χ1) is 8.08. The van der Waals surface area contributed by atoms with E-state index < -0.39 is 17.9 Å². The topological polar surface area (TPSA) is 75.6 Å². The van der Waals surface area contributed by atoms with Crippen LogP contribution in [0.3, 0.4) is 0 Å². The number of benzene rings is 1. The predicted octanol–water partition coefficient (Wildman–Crippen LogP) is 1.09. The maximum atomic E-state index is 11.8. The Morgan fingerprint density at radius 2 is 2.29 bits per heavy atom. The second-order valence-corrected chi connectivity index (χ2v) is 4.08. The van der Waals surface area contributed by atoms with Gasteiger partial charge >= 0.3 is 5.97 Å². The third-order valence-electron chi connectivity index (χ3n) is 2.44. The van der Waals surface area contributed by atoms with Crippen molar-refractivity contribution in [2.75, 3.05) is 6.61 Å². The van der Waals surface area contributed by atoms with Gasteiger partial charge in [-0.1, -0.05) is 11.6 Å². The van der Waals surface area contributed by atoms with E-state index in [9.17, 15) is 14.7 Å². The number of halogens is 1. The summed E-state index contributed by atoms with van der Waals surface area (Å²) in [4.78, 5) is 22.9. The average molecular weight is 256 g/mol. The molecule has 5 nitrogen and oxygen atoms in total. The van der Waals surface area contributed by atoms with Gasteiger partial charge in [-0.3, -0.25) is 4.79 Å². The van der Waals surface area contributed by atoms with E-state index in [2.05, 4.69) is 5.32 Å². The molecular weight excluding hydrogens is 246 g/mol. The molecule has 2 rings (SSSR count). The monoisotopic (exact) mass is 255 g/mol. The Bertz CT molecular complexity index is 475. The zero-order valence-electron chi connectivity index (χ0n) is 8.77. The molecule has 1 amide bonds. The maximum Gasteiger partial charge on any atom is 0.328 e. The van der Waals surface area contributed by atoms with E-state index in [0.29, 0.717) is 18.1 Å². The summed E-state index contributed by atoms with van der Waals surface area (Å²) in [6.45, 7) is 0.297. The summed E-state index contributed by atoms with van der Waals surface area (Å²) in [6, 6.07) is 3.48. The lowest BCUT2D eigenvalue weighted by Gasteiger charge is -2.10. The molecule has 1 unspecified atom stereocenters. The van der Waals surface area contributed by atoms with Gasteiger partial charge in [-0.2, -0.15) is 0 Å². The number of phenolic OH excluding ortho intramolecular Hbond substituents is 1. The van der Waals surface area contributed by atoms with E-state index in [0.717, 1.165) is 0 Å². The first kappa shape index (κ1) is 11.7. The molecule has 1 fully saturated rings. The van der Waals surface area contributed by atoms with Crippen LogP contribution in [-0.2, 0) is 9.53 Å². The Labute approximate surface area is 102 Å². The summed E-state index contributed by atoms with van der Waals surface area (Å²) >= 11 is 5.72. The van der Waals surface area contributed by atoms with Gasteiger partial charge in [0.25, 0.3) is 5.91 Å². The summed E-state index contributed by atoms with van der Waals surface area (Å²) in [6.07, 6.45) is 0.436. The Morgan fingerprint density at radius 3 is 2.94 bits per heavy atom.